The normalized spacial score (nSPS) is 54.5. The molecule has 6 aliphatic rings. The fourth-order valence-corrected chi connectivity index (χ4v) is 11.8. The monoisotopic (exact) mass is 454 g/mol. The molecule has 6 fully saturated rings. The molecule has 1 heterocycles. The van der Waals surface area contributed by atoms with Crippen molar-refractivity contribution in [2.24, 2.45) is 50.7 Å². The van der Waals surface area contributed by atoms with Crippen LogP contribution in [0.5, 0.6) is 0 Å². The molecule has 184 valence electrons. The lowest BCUT2D eigenvalue weighted by Gasteiger charge is -2.62. The standard InChI is InChI=1S/C30H46O3/c1-25(2)19-9-15-29-17-30(33-18-29)16-10-20-26(3,4)24(32)12-14-28(20,6)22(30)8-7-21(29)27(19,5)13-11-23(25)31/h19-22H,7-18H2,1-6H3/t19-,20-,21+,22+,27-,28-,29-,30-/m0/s1. The number of carbonyl (C=O) groups excluding carboxylic acids is 2. The topological polar surface area (TPSA) is 43.4 Å². The predicted molar refractivity (Wildman–Crippen MR) is 130 cm³/mol. The summed E-state index contributed by atoms with van der Waals surface area (Å²) in [5.41, 5.74) is 0.404. The van der Waals surface area contributed by atoms with Crippen LogP contribution in [0.2, 0.25) is 0 Å². The number of hydrogen-bond acceptors (Lipinski definition) is 3. The maximum absolute atomic E-state index is 12.9. The van der Waals surface area contributed by atoms with Crippen LogP contribution in [0.15, 0.2) is 0 Å². The number of Topliss-reactive ketones (excluding diaryl/α,β-unsaturated/α-hetero) is 2. The summed E-state index contributed by atoms with van der Waals surface area (Å²) in [6.07, 6.45) is 12.1. The summed E-state index contributed by atoms with van der Waals surface area (Å²) in [5.74, 6) is 3.20. The van der Waals surface area contributed by atoms with E-state index in [1.165, 1.54) is 32.1 Å². The molecule has 0 aromatic carbocycles. The van der Waals surface area contributed by atoms with Crippen LogP contribution in [0.25, 0.3) is 0 Å². The number of carbonyl (C=O) groups is 2. The molecular formula is C30H46O3. The molecular weight excluding hydrogens is 408 g/mol. The molecule has 8 atom stereocenters. The Hall–Kier alpha value is -0.700. The summed E-state index contributed by atoms with van der Waals surface area (Å²) < 4.78 is 7.06. The third kappa shape index (κ3) is 2.62. The van der Waals surface area contributed by atoms with Crippen LogP contribution < -0.4 is 0 Å². The highest BCUT2D eigenvalue weighted by atomic mass is 16.5. The number of rotatable bonds is 0. The van der Waals surface area contributed by atoms with E-state index in [1.807, 2.05) is 0 Å². The van der Waals surface area contributed by atoms with E-state index in [0.29, 0.717) is 40.7 Å². The Labute approximate surface area is 201 Å². The van der Waals surface area contributed by atoms with Gasteiger partial charge in [-0.1, -0.05) is 41.5 Å². The highest BCUT2D eigenvalue weighted by Gasteiger charge is 2.71. The van der Waals surface area contributed by atoms with Gasteiger partial charge < -0.3 is 4.74 Å². The van der Waals surface area contributed by atoms with E-state index in [-0.39, 0.29) is 27.3 Å². The fourth-order valence-electron chi connectivity index (χ4n) is 11.8. The summed E-state index contributed by atoms with van der Waals surface area (Å²) in [5, 5.41) is 0. The fraction of sp³-hybridized carbons (Fsp3) is 0.933. The summed E-state index contributed by atoms with van der Waals surface area (Å²) in [6, 6.07) is 0. The van der Waals surface area contributed by atoms with E-state index in [2.05, 4.69) is 41.5 Å². The Balaban J connectivity index is 1.40. The molecule has 6 rings (SSSR count). The molecule has 33 heavy (non-hydrogen) atoms. The predicted octanol–water partition coefficient (Wildman–Crippen LogP) is 6.77. The minimum Gasteiger partial charge on any atom is -0.374 e. The molecule has 2 spiro atoms. The zero-order chi connectivity index (χ0) is 23.7. The summed E-state index contributed by atoms with van der Waals surface area (Å²) in [4.78, 5) is 25.9. The Kier molecular flexibility index (Phi) is 4.51. The number of hydrogen-bond donors (Lipinski definition) is 0. The van der Waals surface area contributed by atoms with Crippen molar-refractivity contribution in [1.29, 1.82) is 0 Å². The lowest BCUT2D eigenvalue weighted by Crippen LogP contribution is -2.60. The number of ether oxygens (including phenoxy) is 1. The second kappa shape index (κ2) is 6.54. The van der Waals surface area contributed by atoms with Crippen molar-refractivity contribution in [2.45, 2.75) is 118 Å². The molecule has 2 bridgehead atoms. The largest absolute Gasteiger partial charge is 0.374 e. The minimum atomic E-state index is -0.200. The van der Waals surface area contributed by atoms with Crippen LogP contribution in [-0.2, 0) is 14.3 Å². The van der Waals surface area contributed by atoms with Gasteiger partial charge in [-0.25, -0.2) is 0 Å². The minimum absolute atomic E-state index is 0.0274. The highest BCUT2D eigenvalue weighted by Crippen LogP contribution is 2.74. The van der Waals surface area contributed by atoms with Gasteiger partial charge in [0.1, 0.15) is 11.6 Å². The third-order valence-electron chi connectivity index (χ3n) is 13.3. The van der Waals surface area contributed by atoms with Gasteiger partial charge in [-0.05, 0) is 97.7 Å². The van der Waals surface area contributed by atoms with Gasteiger partial charge in [-0.15, -0.1) is 0 Å². The van der Waals surface area contributed by atoms with Gasteiger partial charge >= 0.3 is 0 Å². The molecule has 5 saturated carbocycles. The lowest BCUT2D eigenvalue weighted by molar-refractivity contribution is -0.191. The van der Waals surface area contributed by atoms with Crippen LogP contribution in [-0.4, -0.2) is 23.8 Å². The Morgan fingerprint density at radius 3 is 1.76 bits per heavy atom. The molecule has 1 aliphatic heterocycles. The van der Waals surface area contributed by atoms with E-state index < -0.39 is 0 Å². The van der Waals surface area contributed by atoms with Crippen molar-refractivity contribution in [3.8, 4) is 0 Å². The van der Waals surface area contributed by atoms with Crippen molar-refractivity contribution >= 4 is 11.6 Å². The van der Waals surface area contributed by atoms with Crippen molar-refractivity contribution in [3.05, 3.63) is 0 Å². The molecule has 0 aromatic rings. The van der Waals surface area contributed by atoms with E-state index >= 15 is 0 Å². The first-order valence-corrected chi connectivity index (χ1v) is 14.0. The van der Waals surface area contributed by atoms with Crippen LogP contribution in [0.3, 0.4) is 0 Å². The smallest absolute Gasteiger partial charge is 0.138 e. The first-order valence-electron chi connectivity index (χ1n) is 14.0. The van der Waals surface area contributed by atoms with E-state index in [1.54, 1.807) is 0 Å². The van der Waals surface area contributed by atoms with Gasteiger partial charge in [-0.3, -0.25) is 9.59 Å². The Bertz CT molecular complexity index is 830. The van der Waals surface area contributed by atoms with Crippen molar-refractivity contribution in [2.75, 3.05) is 6.61 Å². The average molecular weight is 455 g/mol. The molecule has 0 radical (unpaired) electrons. The van der Waals surface area contributed by atoms with Crippen molar-refractivity contribution < 1.29 is 14.3 Å². The second-order valence-electron chi connectivity index (χ2n) is 15.1. The van der Waals surface area contributed by atoms with Gasteiger partial charge in [-0.2, -0.15) is 0 Å². The molecule has 3 heteroatoms. The maximum Gasteiger partial charge on any atom is 0.138 e. The first kappa shape index (κ1) is 22.7. The molecule has 0 unspecified atom stereocenters. The molecule has 1 saturated heterocycles. The van der Waals surface area contributed by atoms with Gasteiger partial charge in [0.05, 0.1) is 12.2 Å². The van der Waals surface area contributed by atoms with Gasteiger partial charge in [0.15, 0.2) is 0 Å². The summed E-state index contributed by atoms with van der Waals surface area (Å²) >= 11 is 0. The third-order valence-corrected chi connectivity index (χ3v) is 13.3. The van der Waals surface area contributed by atoms with E-state index in [4.69, 9.17) is 4.74 Å². The van der Waals surface area contributed by atoms with Crippen molar-refractivity contribution in [1.82, 2.24) is 0 Å². The van der Waals surface area contributed by atoms with Crippen LogP contribution in [0.1, 0.15) is 112 Å². The SMILES string of the molecule is CC1(C)C(=O)CC[C@@]2(C)[C@H]1CC[C@]13CO[C@@]4(CC[C@H]5C(C)(C)C(=O)CC[C@]5(C)[C@H]4CC[C@@H]12)C3. The number of ketones is 2. The lowest BCUT2D eigenvalue weighted by atomic mass is 9.42. The molecule has 3 nitrogen and oxygen atoms in total. The second-order valence-corrected chi connectivity index (χ2v) is 15.1. The quantitative estimate of drug-likeness (QED) is 0.406. The first-order chi connectivity index (χ1) is 15.3. The van der Waals surface area contributed by atoms with E-state index in [0.717, 1.165) is 45.1 Å². The zero-order valence-corrected chi connectivity index (χ0v) is 22.0. The van der Waals surface area contributed by atoms with Crippen LogP contribution in [0.4, 0.5) is 0 Å². The van der Waals surface area contributed by atoms with Crippen LogP contribution >= 0.6 is 0 Å². The van der Waals surface area contributed by atoms with Gasteiger partial charge in [0.25, 0.3) is 0 Å². The summed E-state index contributed by atoms with van der Waals surface area (Å²) in [7, 11) is 0. The summed E-state index contributed by atoms with van der Waals surface area (Å²) in [6.45, 7) is 15.0. The number of fused-ring (bicyclic) bond motifs is 4. The maximum atomic E-state index is 12.9. The molecule has 0 N–H and O–H groups in total. The average Bonchev–Trinajstić information content (AvgIpc) is 2.99. The Morgan fingerprint density at radius 1 is 0.636 bits per heavy atom. The van der Waals surface area contributed by atoms with Gasteiger partial charge in [0.2, 0.25) is 0 Å². The van der Waals surface area contributed by atoms with Gasteiger partial charge in [0, 0.05) is 23.7 Å². The van der Waals surface area contributed by atoms with Crippen LogP contribution in [0, 0.1) is 50.7 Å². The van der Waals surface area contributed by atoms with Crippen molar-refractivity contribution in [3.63, 3.8) is 0 Å². The highest BCUT2D eigenvalue weighted by molar-refractivity contribution is 5.86. The van der Waals surface area contributed by atoms with E-state index in [9.17, 15) is 9.59 Å². The molecule has 0 aromatic heterocycles. The Morgan fingerprint density at radius 2 is 1.15 bits per heavy atom. The molecule has 5 aliphatic carbocycles. The molecule has 0 amide bonds. The zero-order valence-electron chi connectivity index (χ0n) is 22.0.